The van der Waals surface area contributed by atoms with E-state index in [9.17, 15) is 13.6 Å². The maximum Gasteiger partial charge on any atom is 0.387 e. The smallest absolute Gasteiger partial charge is 0.387 e. The molecule has 0 unspecified atom stereocenters. The molecule has 0 saturated heterocycles. The fraction of sp³-hybridized carbons (Fsp3) is 0.143. The van der Waals surface area contributed by atoms with E-state index in [0.29, 0.717) is 16.2 Å². The van der Waals surface area contributed by atoms with Gasteiger partial charge in [-0.1, -0.05) is 36.0 Å². The van der Waals surface area contributed by atoms with Crippen LogP contribution in [0.2, 0.25) is 0 Å². The van der Waals surface area contributed by atoms with Gasteiger partial charge in [-0.2, -0.15) is 8.78 Å². The molecule has 3 aromatic rings. The molecule has 0 radical (unpaired) electrons. The first-order valence-electron chi connectivity index (χ1n) is 8.64. The summed E-state index contributed by atoms with van der Waals surface area (Å²) in [6, 6.07) is 17.5. The molecule has 1 amide bonds. The van der Waals surface area contributed by atoms with E-state index in [2.05, 4.69) is 15.0 Å². The summed E-state index contributed by atoms with van der Waals surface area (Å²) in [6.07, 6.45) is 1.63. The van der Waals surface area contributed by atoms with Crippen LogP contribution in [-0.2, 0) is 6.54 Å². The zero-order valence-corrected chi connectivity index (χ0v) is 16.3. The van der Waals surface area contributed by atoms with E-state index in [1.807, 2.05) is 30.3 Å². The SMILES string of the molecule is COc1cc(CNC(=O)c2cccnc2Sc2ccccc2)ccc1OC(F)F. The molecule has 150 valence electrons. The van der Waals surface area contributed by atoms with E-state index in [0.717, 1.165) is 4.90 Å². The predicted octanol–water partition coefficient (Wildman–Crippen LogP) is 4.77. The topological polar surface area (TPSA) is 60.5 Å². The minimum absolute atomic E-state index is 0.0635. The number of ether oxygens (including phenoxy) is 2. The van der Waals surface area contributed by atoms with Crippen molar-refractivity contribution in [1.29, 1.82) is 0 Å². The third-order valence-corrected chi connectivity index (χ3v) is 4.90. The van der Waals surface area contributed by atoms with Crippen LogP contribution in [0.25, 0.3) is 0 Å². The van der Waals surface area contributed by atoms with Gasteiger partial charge in [-0.25, -0.2) is 4.98 Å². The summed E-state index contributed by atoms with van der Waals surface area (Å²) in [4.78, 5) is 18.0. The van der Waals surface area contributed by atoms with Crippen LogP contribution < -0.4 is 14.8 Å². The molecule has 8 heteroatoms. The van der Waals surface area contributed by atoms with Crippen molar-refractivity contribution in [2.45, 2.75) is 23.1 Å². The third kappa shape index (κ3) is 5.68. The lowest BCUT2D eigenvalue weighted by molar-refractivity contribution is -0.0512. The van der Waals surface area contributed by atoms with Gasteiger partial charge in [0.2, 0.25) is 0 Å². The number of hydrogen-bond acceptors (Lipinski definition) is 5. The molecule has 0 atom stereocenters. The minimum Gasteiger partial charge on any atom is -0.493 e. The number of methoxy groups -OCH3 is 1. The summed E-state index contributed by atoms with van der Waals surface area (Å²) in [5.74, 6) is -0.187. The first kappa shape index (κ1) is 20.6. The Bertz CT molecular complexity index is 971. The van der Waals surface area contributed by atoms with Crippen LogP contribution in [0, 0.1) is 0 Å². The van der Waals surface area contributed by atoms with Gasteiger partial charge in [0.1, 0.15) is 5.03 Å². The number of halogens is 2. The minimum atomic E-state index is -2.94. The molecule has 0 bridgehead atoms. The number of carbonyl (C=O) groups excluding carboxylic acids is 1. The van der Waals surface area contributed by atoms with Gasteiger partial charge in [0.15, 0.2) is 11.5 Å². The highest BCUT2D eigenvalue weighted by atomic mass is 32.2. The van der Waals surface area contributed by atoms with Crippen LogP contribution >= 0.6 is 11.8 Å². The van der Waals surface area contributed by atoms with Crippen LogP contribution in [0.15, 0.2) is 76.8 Å². The molecule has 0 spiro atoms. The molecule has 5 nitrogen and oxygen atoms in total. The molecule has 0 fully saturated rings. The van der Waals surface area contributed by atoms with Gasteiger partial charge in [-0.3, -0.25) is 4.79 Å². The third-order valence-electron chi connectivity index (χ3n) is 3.87. The maximum absolute atomic E-state index is 12.7. The highest BCUT2D eigenvalue weighted by Gasteiger charge is 2.15. The second kappa shape index (κ2) is 9.88. The number of aromatic nitrogens is 1. The first-order chi connectivity index (χ1) is 14.1. The molecule has 1 N–H and O–H groups in total. The molecule has 0 aliphatic rings. The van der Waals surface area contributed by atoms with Crippen LogP contribution in [0.3, 0.4) is 0 Å². The van der Waals surface area contributed by atoms with Gasteiger partial charge in [0.05, 0.1) is 12.7 Å². The standard InChI is InChI=1S/C21H18F2N2O3S/c1-27-18-12-14(9-10-17(18)28-21(22)23)13-25-19(26)16-8-5-11-24-20(16)29-15-6-3-2-4-7-15/h2-12,21H,13H2,1H3,(H,25,26). The Balaban J connectivity index is 1.70. The van der Waals surface area contributed by atoms with Crippen LogP contribution in [0.1, 0.15) is 15.9 Å². The van der Waals surface area contributed by atoms with Gasteiger partial charge in [0.25, 0.3) is 5.91 Å². The predicted molar refractivity (Wildman–Crippen MR) is 106 cm³/mol. The number of nitrogens with zero attached hydrogens (tertiary/aromatic N) is 1. The second-order valence-electron chi connectivity index (χ2n) is 5.82. The van der Waals surface area contributed by atoms with Crippen molar-refractivity contribution in [2.24, 2.45) is 0 Å². The Labute approximate surface area is 171 Å². The average Bonchev–Trinajstić information content (AvgIpc) is 2.73. The Morgan fingerprint density at radius 2 is 1.90 bits per heavy atom. The number of pyridine rings is 1. The molecule has 1 heterocycles. The van der Waals surface area contributed by atoms with Gasteiger partial charge in [0, 0.05) is 17.6 Å². The van der Waals surface area contributed by atoms with E-state index in [1.54, 1.807) is 30.5 Å². The summed E-state index contributed by atoms with van der Waals surface area (Å²) >= 11 is 1.40. The van der Waals surface area contributed by atoms with Crippen molar-refractivity contribution in [3.63, 3.8) is 0 Å². The summed E-state index contributed by atoms with van der Waals surface area (Å²) < 4.78 is 34.3. The highest BCUT2D eigenvalue weighted by Crippen LogP contribution is 2.30. The lowest BCUT2D eigenvalue weighted by atomic mass is 10.2. The van der Waals surface area contributed by atoms with Crippen molar-refractivity contribution in [3.05, 3.63) is 78.0 Å². The number of carbonyl (C=O) groups is 1. The monoisotopic (exact) mass is 416 g/mol. The normalized spacial score (nSPS) is 10.6. The molecule has 1 aromatic heterocycles. The Hall–Kier alpha value is -3.13. The first-order valence-corrected chi connectivity index (χ1v) is 9.46. The number of benzene rings is 2. The number of alkyl halides is 2. The van der Waals surface area contributed by atoms with Crippen molar-refractivity contribution in [1.82, 2.24) is 10.3 Å². The van der Waals surface area contributed by atoms with E-state index < -0.39 is 6.61 Å². The van der Waals surface area contributed by atoms with Crippen molar-refractivity contribution < 1.29 is 23.0 Å². The van der Waals surface area contributed by atoms with E-state index in [4.69, 9.17) is 4.74 Å². The van der Waals surface area contributed by atoms with Gasteiger partial charge in [-0.15, -0.1) is 0 Å². The summed E-state index contributed by atoms with van der Waals surface area (Å²) in [5, 5.41) is 3.41. The van der Waals surface area contributed by atoms with Gasteiger partial charge >= 0.3 is 6.61 Å². The highest BCUT2D eigenvalue weighted by molar-refractivity contribution is 7.99. The lowest BCUT2D eigenvalue weighted by Crippen LogP contribution is -2.23. The van der Waals surface area contributed by atoms with Crippen LogP contribution in [0.5, 0.6) is 11.5 Å². The van der Waals surface area contributed by atoms with Crippen molar-refractivity contribution in [2.75, 3.05) is 7.11 Å². The summed E-state index contributed by atoms with van der Waals surface area (Å²) in [6.45, 7) is -2.75. The van der Waals surface area contributed by atoms with Crippen molar-refractivity contribution in [3.8, 4) is 11.5 Å². The molecule has 0 saturated carbocycles. The van der Waals surface area contributed by atoms with E-state index >= 15 is 0 Å². The zero-order valence-electron chi connectivity index (χ0n) is 15.5. The fourth-order valence-electron chi connectivity index (χ4n) is 2.54. The molecule has 29 heavy (non-hydrogen) atoms. The van der Waals surface area contributed by atoms with Crippen molar-refractivity contribution >= 4 is 17.7 Å². The molecule has 0 aliphatic heterocycles. The average molecular weight is 416 g/mol. The van der Waals surface area contributed by atoms with E-state index in [1.165, 1.54) is 24.9 Å². The lowest BCUT2D eigenvalue weighted by Gasteiger charge is -2.12. The molecule has 2 aromatic carbocycles. The second-order valence-corrected chi connectivity index (χ2v) is 6.88. The van der Waals surface area contributed by atoms with Gasteiger partial charge < -0.3 is 14.8 Å². The fourth-order valence-corrected chi connectivity index (χ4v) is 3.44. The number of nitrogens with one attached hydrogen (secondary N) is 1. The van der Waals surface area contributed by atoms with Gasteiger partial charge in [-0.05, 0) is 42.0 Å². The molecule has 3 rings (SSSR count). The Morgan fingerprint density at radius 3 is 2.62 bits per heavy atom. The Kier molecular flexibility index (Phi) is 7.02. The zero-order chi connectivity index (χ0) is 20.6. The number of hydrogen-bond donors (Lipinski definition) is 1. The molecular formula is C21H18F2N2O3S. The molecule has 0 aliphatic carbocycles. The quantitative estimate of drug-likeness (QED) is 0.573. The van der Waals surface area contributed by atoms with Crippen LogP contribution in [-0.4, -0.2) is 24.6 Å². The molecular weight excluding hydrogens is 398 g/mol. The largest absolute Gasteiger partial charge is 0.493 e. The summed E-state index contributed by atoms with van der Waals surface area (Å²) in [5.41, 5.74) is 1.13. The maximum atomic E-state index is 12.7. The number of rotatable bonds is 8. The summed E-state index contributed by atoms with van der Waals surface area (Å²) in [7, 11) is 1.36. The Morgan fingerprint density at radius 1 is 1.10 bits per heavy atom. The van der Waals surface area contributed by atoms with E-state index in [-0.39, 0.29) is 24.0 Å². The number of amides is 1. The van der Waals surface area contributed by atoms with Crippen LogP contribution in [0.4, 0.5) is 8.78 Å².